The summed E-state index contributed by atoms with van der Waals surface area (Å²) in [5.74, 6) is 2.23. The second kappa shape index (κ2) is 10.6. The third-order valence-corrected chi connectivity index (χ3v) is 11.8. The van der Waals surface area contributed by atoms with Gasteiger partial charge in [0.1, 0.15) is 17.9 Å². The average molecular weight is 584 g/mol. The van der Waals surface area contributed by atoms with Crippen LogP contribution >= 0.6 is 15.9 Å². The molecule has 3 saturated carbocycles. The fraction of sp³-hybridized carbons (Fsp3) is 0.871. The van der Waals surface area contributed by atoms with Crippen molar-refractivity contribution >= 4 is 27.9 Å². The largest absolute Gasteiger partial charge is 0.462 e. The zero-order valence-electron chi connectivity index (χ0n) is 23.9. The van der Waals surface area contributed by atoms with Crippen LogP contribution in [0.1, 0.15) is 106 Å². The first-order valence-electron chi connectivity index (χ1n) is 14.6. The summed E-state index contributed by atoms with van der Waals surface area (Å²) in [6, 6.07) is 0. The Morgan fingerprint density at radius 2 is 1.81 bits per heavy atom. The summed E-state index contributed by atoms with van der Waals surface area (Å²) in [6.45, 7) is 13.6. The van der Waals surface area contributed by atoms with Gasteiger partial charge in [-0.25, -0.2) is 4.39 Å². The Balaban J connectivity index is 1.59. The fourth-order valence-corrected chi connectivity index (χ4v) is 10.4. The van der Waals surface area contributed by atoms with Gasteiger partial charge in [-0.15, -0.1) is 0 Å². The van der Waals surface area contributed by atoms with E-state index in [1.54, 1.807) is 13.8 Å². The molecule has 0 N–H and O–H groups in total. The molecule has 210 valence electrons. The maximum Gasteiger partial charge on any atom is 0.302 e. The zero-order valence-corrected chi connectivity index (χ0v) is 25.5. The van der Waals surface area contributed by atoms with E-state index in [2.05, 4.69) is 42.8 Å². The molecule has 0 aliphatic heterocycles. The van der Waals surface area contributed by atoms with Crippen LogP contribution in [0.15, 0.2) is 11.6 Å². The third kappa shape index (κ3) is 5.57. The Kier molecular flexibility index (Phi) is 8.31. The molecule has 0 spiro atoms. The molecule has 0 heterocycles. The van der Waals surface area contributed by atoms with E-state index in [4.69, 9.17) is 9.47 Å². The molecule has 4 nitrogen and oxygen atoms in total. The molecular formula is C31H48BrFO4. The predicted molar refractivity (Wildman–Crippen MR) is 148 cm³/mol. The van der Waals surface area contributed by atoms with Crippen molar-refractivity contribution in [2.24, 2.45) is 40.4 Å². The van der Waals surface area contributed by atoms with Gasteiger partial charge in [-0.05, 0) is 81.0 Å². The maximum absolute atomic E-state index is 14.1. The van der Waals surface area contributed by atoms with Gasteiger partial charge in [0.15, 0.2) is 0 Å². The molecule has 0 aromatic carbocycles. The highest BCUT2D eigenvalue weighted by Crippen LogP contribution is 2.68. The second-order valence-electron chi connectivity index (χ2n) is 13.8. The van der Waals surface area contributed by atoms with Gasteiger partial charge in [0, 0.05) is 36.9 Å². The molecule has 0 aromatic rings. The molecule has 3 fully saturated rings. The van der Waals surface area contributed by atoms with E-state index in [0.29, 0.717) is 48.9 Å². The first-order chi connectivity index (χ1) is 17.2. The highest BCUT2D eigenvalue weighted by molar-refractivity contribution is 9.09. The Labute approximate surface area is 232 Å². The molecule has 5 unspecified atom stereocenters. The highest BCUT2D eigenvalue weighted by atomic mass is 79.9. The number of esters is 2. The maximum atomic E-state index is 14.1. The quantitative estimate of drug-likeness (QED) is 0.173. The number of carbonyl (C=O) groups excluding carboxylic acids is 2. The van der Waals surface area contributed by atoms with Crippen LogP contribution in [0.3, 0.4) is 0 Å². The van der Waals surface area contributed by atoms with Crippen molar-refractivity contribution in [3.8, 4) is 0 Å². The van der Waals surface area contributed by atoms with Gasteiger partial charge in [0.25, 0.3) is 0 Å². The molecule has 0 aromatic heterocycles. The summed E-state index contributed by atoms with van der Waals surface area (Å²) in [4.78, 5) is 24.2. The summed E-state index contributed by atoms with van der Waals surface area (Å²) >= 11 is 4.11. The lowest BCUT2D eigenvalue weighted by Crippen LogP contribution is -2.59. The van der Waals surface area contributed by atoms with Gasteiger partial charge < -0.3 is 9.47 Å². The summed E-state index contributed by atoms with van der Waals surface area (Å²) < 4.78 is 25.7. The number of hydrogen-bond acceptors (Lipinski definition) is 4. The van der Waals surface area contributed by atoms with Crippen LogP contribution in [0.25, 0.3) is 0 Å². The Bertz CT molecular complexity index is 911. The zero-order chi connectivity index (χ0) is 27.3. The molecule has 10 atom stereocenters. The van der Waals surface area contributed by atoms with Gasteiger partial charge in [-0.1, -0.05) is 61.2 Å². The van der Waals surface area contributed by atoms with Gasteiger partial charge in [-0.3, -0.25) is 9.59 Å². The molecule has 0 bridgehead atoms. The van der Waals surface area contributed by atoms with Crippen LogP contribution in [0.4, 0.5) is 4.39 Å². The van der Waals surface area contributed by atoms with Crippen LogP contribution in [0.2, 0.25) is 0 Å². The lowest BCUT2D eigenvalue weighted by Gasteiger charge is -2.61. The van der Waals surface area contributed by atoms with Crippen molar-refractivity contribution in [3.05, 3.63) is 11.6 Å². The van der Waals surface area contributed by atoms with Crippen LogP contribution < -0.4 is 0 Å². The first-order valence-corrected chi connectivity index (χ1v) is 15.5. The van der Waals surface area contributed by atoms with Crippen molar-refractivity contribution in [2.75, 3.05) is 0 Å². The third-order valence-electron chi connectivity index (χ3n) is 10.9. The van der Waals surface area contributed by atoms with Crippen LogP contribution in [0, 0.1) is 40.4 Å². The topological polar surface area (TPSA) is 52.6 Å². The Hall–Kier alpha value is -0.910. The van der Waals surface area contributed by atoms with Gasteiger partial charge in [-0.2, -0.15) is 0 Å². The van der Waals surface area contributed by atoms with E-state index < -0.39 is 5.67 Å². The fourth-order valence-electron chi connectivity index (χ4n) is 9.32. The molecule has 4 rings (SSSR count). The van der Waals surface area contributed by atoms with E-state index in [9.17, 15) is 14.0 Å². The van der Waals surface area contributed by atoms with E-state index in [-0.39, 0.29) is 39.8 Å². The van der Waals surface area contributed by atoms with Crippen molar-refractivity contribution < 1.29 is 23.5 Å². The minimum atomic E-state index is -1.09. The number of halogens is 2. The molecule has 37 heavy (non-hydrogen) atoms. The molecule has 4 aliphatic rings. The lowest BCUT2D eigenvalue weighted by molar-refractivity contribution is -0.171. The monoisotopic (exact) mass is 582 g/mol. The summed E-state index contributed by atoms with van der Waals surface area (Å²) in [5.41, 5.74) is 0.234. The molecule has 0 amide bonds. The first kappa shape index (κ1) is 29.1. The van der Waals surface area contributed by atoms with Crippen molar-refractivity contribution in [3.63, 3.8) is 0 Å². The summed E-state index contributed by atoms with van der Waals surface area (Å²) in [6.07, 6.45) is 10.6. The van der Waals surface area contributed by atoms with Crippen LogP contribution in [0.5, 0.6) is 0 Å². The van der Waals surface area contributed by atoms with E-state index in [1.807, 2.05) is 0 Å². The van der Waals surface area contributed by atoms with E-state index >= 15 is 0 Å². The van der Waals surface area contributed by atoms with Crippen molar-refractivity contribution in [1.29, 1.82) is 0 Å². The Morgan fingerprint density at radius 1 is 1.14 bits per heavy atom. The van der Waals surface area contributed by atoms with Crippen LogP contribution in [-0.4, -0.2) is 34.6 Å². The second-order valence-corrected chi connectivity index (χ2v) is 14.9. The van der Waals surface area contributed by atoms with Gasteiger partial charge in [0.05, 0.1) is 0 Å². The Morgan fingerprint density at radius 3 is 2.43 bits per heavy atom. The minimum absolute atomic E-state index is 0.241. The van der Waals surface area contributed by atoms with E-state index in [1.165, 1.54) is 38.7 Å². The van der Waals surface area contributed by atoms with Gasteiger partial charge in [0.2, 0.25) is 0 Å². The molecule has 6 heteroatoms. The normalized spacial score (nSPS) is 42.1. The molecule has 0 radical (unpaired) electrons. The highest BCUT2D eigenvalue weighted by Gasteiger charge is 2.63. The van der Waals surface area contributed by atoms with Gasteiger partial charge >= 0.3 is 11.9 Å². The SMILES string of the molecule is CC(=O)OC1CC2=CC(Br)C3C4CC[C@H]([C@H](C)CCCC(C)(C)F)[C@@]4(C)CCC3[C@@]2(C)[C@@H](OC(C)=O)C1. The standard InChI is InChI=1S/C31H48BrFO4/c1-18(9-8-13-29(4,5)33)23-10-11-24-28-25(12-14-30(23,24)6)31(7)21(16-26(28)32)15-22(36-19(2)34)17-27(31)37-20(3)35/h16,18,22-28H,8-15,17H2,1-7H3/t18-,22?,23-,24?,25?,26?,27+,28?,30-,31+/m1/s1. The molecule has 0 saturated heterocycles. The number of rotatable bonds is 7. The number of alkyl halides is 2. The number of hydrogen-bond donors (Lipinski definition) is 0. The number of ether oxygens (including phenoxy) is 2. The minimum Gasteiger partial charge on any atom is -0.462 e. The summed E-state index contributed by atoms with van der Waals surface area (Å²) in [7, 11) is 0. The number of carbonyl (C=O) groups is 2. The molecular weight excluding hydrogens is 535 g/mol. The van der Waals surface area contributed by atoms with Crippen LogP contribution in [-0.2, 0) is 19.1 Å². The van der Waals surface area contributed by atoms with E-state index in [0.717, 1.165) is 19.3 Å². The smallest absolute Gasteiger partial charge is 0.302 e. The van der Waals surface area contributed by atoms with Crippen molar-refractivity contribution in [2.45, 2.75) is 129 Å². The van der Waals surface area contributed by atoms with Crippen molar-refractivity contribution in [1.82, 2.24) is 0 Å². The average Bonchev–Trinajstić information content (AvgIpc) is 3.11. The number of allylic oxidation sites excluding steroid dienone is 1. The predicted octanol–water partition coefficient (Wildman–Crippen LogP) is 7.97. The number of fused-ring (bicyclic) bond motifs is 5. The lowest BCUT2D eigenvalue weighted by atomic mass is 9.46. The summed E-state index contributed by atoms with van der Waals surface area (Å²) in [5, 5.41) is 0. The molecule has 4 aliphatic carbocycles.